The number of halogens is 1. The summed E-state index contributed by atoms with van der Waals surface area (Å²) in [6, 6.07) is 21.7. The molecular formula is C32H35ClN2O5. The summed E-state index contributed by atoms with van der Waals surface area (Å²) < 4.78 is 10.7. The van der Waals surface area contributed by atoms with E-state index in [1.54, 1.807) is 53.1 Å². The van der Waals surface area contributed by atoms with E-state index < -0.39 is 0 Å². The number of amides is 2. The molecule has 0 radical (unpaired) electrons. The lowest BCUT2D eigenvalue weighted by molar-refractivity contribution is -0.143. The van der Waals surface area contributed by atoms with Gasteiger partial charge in [-0.25, -0.2) is 0 Å². The van der Waals surface area contributed by atoms with Crippen LogP contribution in [0.15, 0.2) is 72.8 Å². The maximum Gasteiger partial charge on any atom is 0.305 e. The number of fused-ring (bicyclic) bond motifs is 1. The lowest BCUT2D eigenvalue weighted by atomic mass is 9.84. The fraction of sp³-hybridized carbons (Fsp3) is 0.344. The average Bonchev–Trinajstić information content (AvgIpc) is 2.96. The third-order valence-electron chi connectivity index (χ3n) is 7.03. The molecule has 3 aromatic carbocycles. The second-order valence-corrected chi connectivity index (χ2v) is 10.1. The summed E-state index contributed by atoms with van der Waals surface area (Å²) in [6.07, 6.45) is 1.36. The first-order valence-electron chi connectivity index (χ1n) is 13.7. The molecule has 2 amide bonds. The van der Waals surface area contributed by atoms with E-state index in [4.69, 9.17) is 21.1 Å². The van der Waals surface area contributed by atoms with Crippen molar-refractivity contribution < 1.29 is 23.9 Å². The minimum atomic E-state index is -0.378. The first-order valence-corrected chi connectivity index (χ1v) is 14.1. The van der Waals surface area contributed by atoms with Gasteiger partial charge in [0.25, 0.3) is 5.91 Å². The molecule has 210 valence electrons. The molecule has 0 spiro atoms. The number of ether oxygens (including phenoxy) is 2. The van der Waals surface area contributed by atoms with Crippen molar-refractivity contribution in [2.75, 3.05) is 29.6 Å². The van der Waals surface area contributed by atoms with E-state index in [-0.39, 0.29) is 29.7 Å². The smallest absolute Gasteiger partial charge is 0.305 e. The molecule has 0 N–H and O–H groups in total. The zero-order chi connectivity index (χ0) is 28.6. The Balaban J connectivity index is 1.49. The van der Waals surface area contributed by atoms with Crippen LogP contribution in [0.1, 0.15) is 61.9 Å². The Morgan fingerprint density at radius 3 is 2.35 bits per heavy atom. The summed E-state index contributed by atoms with van der Waals surface area (Å²) in [7, 11) is 0. The standard InChI is InChI=1S/C32H35ClN2O5/c1-4-34(25-16-14-24(33)15-17-25)32(38)28-21-22(3)35(29-10-7-6-9-27(28)29)31(37)23-12-18-26(19-13-23)40-20-8-11-30(36)39-5-2/h6-7,9-10,12-19,22,28H,4-5,8,11,20-21H2,1-3H3/t22-,28+/m1/s1. The Bertz CT molecular complexity index is 1330. The maximum absolute atomic E-state index is 13.8. The van der Waals surface area contributed by atoms with Gasteiger partial charge in [-0.15, -0.1) is 0 Å². The van der Waals surface area contributed by atoms with Crippen LogP contribution in [0.3, 0.4) is 0 Å². The quantitative estimate of drug-likeness (QED) is 0.204. The van der Waals surface area contributed by atoms with Gasteiger partial charge in [0.1, 0.15) is 5.75 Å². The van der Waals surface area contributed by atoms with Crippen LogP contribution in [-0.2, 0) is 14.3 Å². The van der Waals surface area contributed by atoms with Crippen molar-refractivity contribution in [3.63, 3.8) is 0 Å². The summed E-state index contributed by atoms with van der Waals surface area (Å²) in [5, 5.41) is 0.617. The molecule has 1 heterocycles. The lowest BCUT2D eigenvalue weighted by Crippen LogP contribution is -2.46. The molecule has 0 aromatic heterocycles. The highest BCUT2D eigenvalue weighted by Crippen LogP contribution is 2.41. The molecule has 0 saturated carbocycles. The van der Waals surface area contributed by atoms with Gasteiger partial charge >= 0.3 is 5.97 Å². The highest BCUT2D eigenvalue weighted by molar-refractivity contribution is 6.30. The highest BCUT2D eigenvalue weighted by atomic mass is 35.5. The molecule has 3 aromatic rings. The van der Waals surface area contributed by atoms with Crippen LogP contribution in [0.4, 0.5) is 11.4 Å². The van der Waals surface area contributed by atoms with Gasteiger partial charge in [-0.1, -0.05) is 29.8 Å². The molecule has 0 aliphatic carbocycles. The van der Waals surface area contributed by atoms with E-state index in [9.17, 15) is 14.4 Å². The summed E-state index contributed by atoms with van der Waals surface area (Å²) in [4.78, 5) is 42.6. The second kappa shape index (κ2) is 13.5. The number of hydrogen-bond acceptors (Lipinski definition) is 5. The van der Waals surface area contributed by atoms with Crippen molar-refractivity contribution in [2.45, 2.75) is 52.0 Å². The Hall–Kier alpha value is -3.84. The van der Waals surface area contributed by atoms with Crippen molar-refractivity contribution in [1.29, 1.82) is 0 Å². The molecule has 0 bridgehead atoms. The van der Waals surface area contributed by atoms with Gasteiger partial charge in [0.2, 0.25) is 5.91 Å². The van der Waals surface area contributed by atoms with Crippen LogP contribution in [0.5, 0.6) is 5.75 Å². The van der Waals surface area contributed by atoms with Gasteiger partial charge in [-0.2, -0.15) is 0 Å². The van der Waals surface area contributed by atoms with Crippen LogP contribution in [0, 0.1) is 0 Å². The summed E-state index contributed by atoms with van der Waals surface area (Å²) in [5.41, 5.74) is 2.91. The van der Waals surface area contributed by atoms with Crippen molar-refractivity contribution in [1.82, 2.24) is 0 Å². The van der Waals surface area contributed by atoms with E-state index in [1.807, 2.05) is 50.2 Å². The number of para-hydroxylation sites is 1. The Labute approximate surface area is 240 Å². The number of benzene rings is 3. The number of esters is 1. The van der Waals surface area contributed by atoms with Gasteiger partial charge in [0.05, 0.1) is 19.1 Å². The number of carbonyl (C=O) groups is 3. The van der Waals surface area contributed by atoms with E-state index in [1.165, 1.54) is 0 Å². The van der Waals surface area contributed by atoms with Gasteiger partial charge in [0.15, 0.2) is 0 Å². The predicted octanol–water partition coefficient (Wildman–Crippen LogP) is 6.64. The molecule has 0 saturated heterocycles. The Morgan fingerprint density at radius 2 is 1.68 bits per heavy atom. The molecule has 40 heavy (non-hydrogen) atoms. The van der Waals surface area contributed by atoms with Gasteiger partial charge in [-0.3, -0.25) is 14.4 Å². The predicted molar refractivity (Wildman–Crippen MR) is 157 cm³/mol. The molecule has 0 unspecified atom stereocenters. The fourth-order valence-electron chi connectivity index (χ4n) is 5.10. The SMILES string of the molecule is CCOC(=O)CCCOc1ccc(C(=O)N2c3ccccc3[C@@H](C(=O)N(CC)c3ccc(Cl)cc3)C[C@H]2C)cc1. The third-order valence-corrected chi connectivity index (χ3v) is 7.28. The summed E-state index contributed by atoms with van der Waals surface area (Å²) >= 11 is 6.06. The van der Waals surface area contributed by atoms with Crippen molar-refractivity contribution in [3.8, 4) is 5.75 Å². The minimum Gasteiger partial charge on any atom is -0.494 e. The average molecular weight is 563 g/mol. The lowest BCUT2D eigenvalue weighted by Gasteiger charge is -2.40. The van der Waals surface area contributed by atoms with Gasteiger partial charge < -0.3 is 19.3 Å². The zero-order valence-corrected chi connectivity index (χ0v) is 23.9. The molecule has 1 aliphatic heterocycles. The Morgan fingerprint density at radius 1 is 0.975 bits per heavy atom. The number of rotatable bonds is 10. The molecule has 1 aliphatic rings. The first kappa shape index (κ1) is 29.2. The highest BCUT2D eigenvalue weighted by Gasteiger charge is 2.38. The fourth-order valence-corrected chi connectivity index (χ4v) is 5.23. The largest absolute Gasteiger partial charge is 0.494 e. The third kappa shape index (κ3) is 6.65. The van der Waals surface area contributed by atoms with Gasteiger partial charge in [-0.05, 0) is 93.8 Å². The van der Waals surface area contributed by atoms with Crippen LogP contribution in [-0.4, -0.2) is 43.6 Å². The van der Waals surface area contributed by atoms with Crippen molar-refractivity contribution in [2.24, 2.45) is 0 Å². The summed E-state index contributed by atoms with van der Waals surface area (Å²) in [6.45, 7) is 6.98. The molecule has 8 heteroatoms. The van der Waals surface area contributed by atoms with E-state index >= 15 is 0 Å². The monoisotopic (exact) mass is 562 g/mol. The molecule has 4 rings (SSSR count). The van der Waals surface area contributed by atoms with Crippen molar-refractivity contribution in [3.05, 3.63) is 88.9 Å². The van der Waals surface area contributed by atoms with E-state index in [2.05, 4.69) is 0 Å². The second-order valence-electron chi connectivity index (χ2n) is 9.71. The Kier molecular flexibility index (Phi) is 9.83. The number of hydrogen-bond donors (Lipinski definition) is 0. The first-order chi connectivity index (χ1) is 19.3. The maximum atomic E-state index is 13.8. The number of carbonyl (C=O) groups excluding carboxylic acids is 3. The molecular weight excluding hydrogens is 528 g/mol. The van der Waals surface area contributed by atoms with Crippen LogP contribution in [0.2, 0.25) is 5.02 Å². The van der Waals surface area contributed by atoms with Crippen molar-refractivity contribution >= 4 is 40.8 Å². The van der Waals surface area contributed by atoms with Crippen LogP contribution in [0.25, 0.3) is 0 Å². The number of anilines is 2. The van der Waals surface area contributed by atoms with Crippen LogP contribution >= 0.6 is 11.6 Å². The van der Waals surface area contributed by atoms with Crippen LogP contribution < -0.4 is 14.5 Å². The minimum absolute atomic E-state index is 0.000629. The van der Waals surface area contributed by atoms with E-state index in [0.29, 0.717) is 55.4 Å². The number of likely N-dealkylation sites (N-methyl/N-ethyl adjacent to an activating group) is 1. The summed E-state index contributed by atoms with van der Waals surface area (Å²) in [5.74, 6) is -0.124. The number of nitrogens with zero attached hydrogens (tertiary/aromatic N) is 2. The van der Waals surface area contributed by atoms with E-state index in [0.717, 1.165) is 16.9 Å². The van der Waals surface area contributed by atoms with Gasteiger partial charge in [0, 0.05) is 41.0 Å². The molecule has 2 atom stereocenters. The molecule has 0 fully saturated rings. The zero-order valence-electron chi connectivity index (χ0n) is 23.1. The topological polar surface area (TPSA) is 76.1 Å². The normalized spacial score (nSPS) is 16.1. The molecule has 7 nitrogen and oxygen atoms in total.